The molecular formula is C16H16N2O4. The minimum absolute atomic E-state index is 0.421. The number of nitrogens with one attached hydrogen (secondary N) is 2. The number of ether oxygens (including phenoxy) is 2. The van der Waals surface area contributed by atoms with Crippen molar-refractivity contribution in [3.05, 3.63) is 48.5 Å². The van der Waals surface area contributed by atoms with Gasteiger partial charge < -0.3 is 20.1 Å². The van der Waals surface area contributed by atoms with Gasteiger partial charge in [0.1, 0.15) is 11.5 Å². The van der Waals surface area contributed by atoms with E-state index in [-0.39, 0.29) is 0 Å². The normalized spacial score (nSPS) is 9.73. The number of carbonyl (C=O) groups excluding carboxylic acids is 2. The van der Waals surface area contributed by atoms with Gasteiger partial charge in [-0.15, -0.1) is 0 Å². The summed E-state index contributed by atoms with van der Waals surface area (Å²) in [5.41, 5.74) is 0.843. The highest BCUT2D eigenvalue weighted by Crippen LogP contribution is 2.24. The Bertz CT molecular complexity index is 626. The lowest BCUT2D eigenvalue weighted by Gasteiger charge is -2.11. The van der Waals surface area contributed by atoms with Crippen LogP contribution in [-0.4, -0.2) is 26.0 Å². The van der Waals surface area contributed by atoms with Crippen LogP contribution in [0.15, 0.2) is 48.5 Å². The van der Waals surface area contributed by atoms with Crippen LogP contribution in [0.1, 0.15) is 0 Å². The predicted octanol–water partition coefficient (Wildman–Crippen LogP) is 2.28. The monoisotopic (exact) mass is 300 g/mol. The fraction of sp³-hybridized carbons (Fsp3) is 0.125. The summed E-state index contributed by atoms with van der Waals surface area (Å²) in [5, 5.41) is 5.00. The Morgan fingerprint density at radius 2 is 1.09 bits per heavy atom. The molecule has 2 aromatic carbocycles. The van der Waals surface area contributed by atoms with Crippen molar-refractivity contribution in [2.45, 2.75) is 0 Å². The van der Waals surface area contributed by atoms with Crippen LogP contribution in [0.5, 0.6) is 11.5 Å². The lowest BCUT2D eigenvalue weighted by atomic mass is 10.2. The lowest BCUT2D eigenvalue weighted by Crippen LogP contribution is -2.29. The van der Waals surface area contributed by atoms with Crippen LogP contribution in [0.3, 0.4) is 0 Å². The largest absolute Gasteiger partial charge is 0.495 e. The van der Waals surface area contributed by atoms with E-state index >= 15 is 0 Å². The maximum Gasteiger partial charge on any atom is 0.314 e. The number of hydrogen-bond acceptors (Lipinski definition) is 4. The van der Waals surface area contributed by atoms with Crippen LogP contribution in [0, 0.1) is 0 Å². The predicted molar refractivity (Wildman–Crippen MR) is 83.2 cm³/mol. The second-order valence-electron chi connectivity index (χ2n) is 4.31. The van der Waals surface area contributed by atoms with Crippen molar-refractivity contribution in [2.24, 2.45) is 0 Å². The van der Waals surface area contributed by atoms with Gasteiger partial charge in [0.15, 0.2) is 0 Å². The molecular weight excluding hydrogens is 284 g/mol. The number of rotatable bonds is 4. The molecule has 2 aromatic rings. The molecule has 2 N–H and O–H groups in total. The molecule has 0 fully saturated rings. The van der Waals surface area contributed by atoms with E-state index in [0.717, 1.165) is 0 Å². The molecule has 0 aromatic heterocycles. The van der Waals surface area contributed by atoms with E-state index < -0.39 is 11.8 Å². The van der Waals surface area contributed by atoms with Crippen molar-refractivity contribution < 1.29 is 19.1 Å². The second-order valence-corrected chi connectivity index (χ2v) is 4.31. The number of hydrogen-bond donors (Lipinski definition) is 2. The summed E-state index contributed by atoms with van der Waals surface area (Å²) in [6.07, 6.45) is 0. The fourth-order valence-corrected chi connectivity index (χ4v) is 1.85. The average Bonchev–Trinajstić information content (AvgIpc) is 2.55. The van der Waals surface area contributed by atoms with Gasteiger partial charge in [-0.1, -0.05) is 24.3 Å². The van der Waals surface area contributed by atoms with Gasteiger partial charge >= 0.3 is 11.8 Å². The van der Waals surface area contributed by atoms with Crippen LogP contribution in [0.25, 0.3) is 0 Å². The topological polar surface area (TPSA) is 76.7 Å². The molecule has 0 saturated carbocycles. The number of amides is 2. The Morgan fingerprint density at radius 3 is 1.45 bits per heavy atom. The first kappa shape index (κ1) is 15.4. The van der Waals surface area contributed by atoms with Crippen molar-refractivity contribution in [1.82, 2.24) is 0 Å². The summed E-state index contributed by atoms with van der Waals surface area (Å²) in [6.45, 7) is 0. The fourth-order valence-electron chi connectivity index (χ4n) is 1.85. The van der Waals surface area contributed by atoms with Crippen LogP contribution >= 0.6 is 0 Å². The minimum Gasteiger partial charge on any atom is -0.495 e. The summed E-state index contributed by atoms with van der Waals surface area (Å²) in [6, 6.07) is 13.7. The maximum absolute atomic E-state index is 12.0. The van der Waals surface area contributed by atoms with E-state index in [0.29, 0.717) is 22.9 Å². The molecule has 0 heterocycles. The second kappa shape index (κ2) is 7.12. The third kappa shape index (κ3) is 3.54. The highest BCUT2D eigenvalue weighted by molar-refractivity contribution is 6.43. The molecule has 0 bridgehead atoms. The van der Waals surface area contributed by atoms with Gasteiger partial charge in [-0.3, -0.25) is 9.59 Å². The molecule has 0 atom stereocenters. The summed E-state index contributed by atoms with van der Waals surface area (Å²) in [5.74, 6) is -0.646. The van der Waals surface area contributed by atoms with Crippen LogP contribution in [0.2, 0.25) is 0 Å². The van der Waals surface area contributed by atoms with Crippen molar-refractivity contribution in [2.75, 3.05) is 24.9 Å². The summed E-state index contributed by atoms with van der Waals surface area (Å²) in [4.78, 5) is 23.9. The standard InChI is InChI=1S/C16H16N2O4/c1-21-13-9-5-3-7-11(13)17-15(19)16(20)18-12-8-4-6-10-14(12)22-2/h3-10H,1-2H3,(H,17,19)(H,18,20). The first-order chi connectivity index (χ1) is 10.7. The molecule has 0 unspecified atom stereocenters. The first-order valence-electron chi connectivity index (χ1n) is 6.54. The Hall–Kier alpha value is -3.02. The molecule has 0 spiro atoms. The molecule has 0 radical (unpaired) electrons. The SMILES string of the molecule is COc1ccccc1NC(=O)C(=O)Nc1ccccc1OC. The molecule has 0 aliphatic carbocycles. The smallest absolute Gasteiger partial charge is 0.314 e. The van der Waals surface area contributed by atoms with Crippen LogP contribution < -0.4 is 20.1 Å². The van der Waals surface area contributed by atoms with E-state index in [9.17, 15) is 9.59 Å². The summed E-state index contributed by atoms with van der Waals surface area (Å²) >= 11 is 0. The first-order valence-corrected chi connectivity index (χ1v) is 6.54. The Kier molecular flexibility index (Phi) is 4.98. The van der Waals surface area contributed by atoms with Crippen molar-refractivity contribution in [3.8, 4) is 11.5 Å². The van der Waals surface area contributed by atoms with E-state index in [1.54, 1.807) is 48.5 Å². The van der Waals surface area contributed by atoms with Gasteiger partial charge in [0.25, 0.3) is 0 Å². The average molecular weight is 300 g/mol. The zero-order valence-corrected chi connectivity index (χ0v) is 12.3. The minimum atomic E-state index is -0.796. The summed E-state index contributed by atoms with van der Waals surface area (Å²) < 4.78 is 10.2. The number of carbonyl (C=O) groups is 2. The number of benzene rings is 2. The third-order valence-corrected chi connectivity index (χ3v) is 2.92. The van der Waals surface area contributed by atoms with Gasteiger partial charge in [-0.2, -0.15) is 0 Å². The van der Waals surface area contributed by atoms with Crippen molar-refractivity contribution in [3.63, 3.8) is 0 Å². The molecule has 2 rings (SSSR count). The molecule has 0 aliphatic rings. The molecule has 0 saturated heterocycles. The molecule has 22 heavy (non-hydrogen) atoms. The third-order valence-electron chi connectivity index (χ3n) is 2.92. The van der Waals surface area contributed by atoms with Gasteiger partial charge in [0.05, 0.1) is 25.6 Å². The van der Waals surface area contributed by atoms with Crippen LogP contribution in [-0.2, 0) is 9.59 Å². The number of para-hydroxylation sites is 4. The van der Waals surface area contributed by atoms with Gasteiger partial charge in [-0.05, 0) is 24.3 Å². The number of methoxy groups -OCH3 is 2. The van der Waals surface area contributed by atoms with Gasteiger partial charge in [0, 0.05) is 0 Å². The van der Waals surface area contributed by atoms with E-state index in [2.05, 4.69) is 10.6 Å². The van der Waals surface area contributed by atoms with E-state index in [1.165, 1.54) is 14.2 Å². The van der Waals surface area contributed by atoms with E-state index in [4.69, 9.17) is 9.47 Å². The Labute approximate surface area is 128 Å². The van der Waals surface area contributed by atoms with Crippen molar-refractivity contribution >= 4 is 23.2 Å². The van der Waals surface area contributed by atoms with E-state index in [1.807, 2.05) is 0 Å². The molecule has 0 aliphatic heterocycles. The quantitative estimate of drug-likeness (QED) is 0.849. The maximum atomic E-state index is 12.0. The highest BCUT2D eigenvalue weighted by atomic mass is 16.5. The molecule has 6 nitrogen and oxygen atoms in total. The Morgan fingerprint density at radius 1 is 0.727 bits per heavy atom. The Balaban J connectivity index is 2.08. The zero-order chi connectivity index (χ0) is 15.9. The van der Waals surface area contributed by atoms with Crippen LogP contribution in [0.4, 0.5) is 11.4 Å². The highest BCUT2D eigenvalue weighted by Gasteiger charge is 2.17. The van der Waals surface area contributed by atoms with Gasteiger partial charge in [0.2, 0.25) is 0 Å². The zero-order valence-electron chi connectivity index (χ0n) is 12.3. The van der Waals surface area contributed by atoms with Gasteiger partial charge in [-0.25, -0.2) is 0 Å². The molecule has 114 valence electrons. The molecule has 2 amide bonds. The lowest BCUT2D eigenvalue weighted by molar-refractivity contribution is -0.133. The molecule has 6 heteroatoms. The summed E-state index contributed by atoms with van der Waals surface area (Å²) in [7, 11) is 2.97. The van der Waals surface area contributed by atoms with Crippen molar-refractivity contribution in [1.29, 1.82) is 0 Å². The number of anilines is 2.